The first kappa shape index (κ1) is 16.9. The van der Waals surface area contributed by atoms with Gasteiger partial charge in [0.1, 0.15) is 11.8 Å². The fourth-order valence-electron chi connectivity index (χ4n) is 2.37. The lowest BCUT2D eigenvalue weighted by atomic mass is 10.1. The van der Waals surface area contributed by atoms with Gasteiger partial charge in [0.2, 0.25) is 0 Å². The smallest absolute Gasteiger partial charge is 0.357 e. The summed E-state index contributed by atoms with van der Waals surface area (Å²) >= 11 is 0. The van der Waals surface area contributed by atoms with E-state index in [-0.39, 0.29) is 28.2 Å². The fourth-order valence-corrected chi connectivity index (χ4v) is 2.37. The number of methoxy groups -OCH3 is 2. The van der Waals surface area contributed by atoms with E-state index in [0.717, 1.165) is 0 Å². The largest absolute Gasteiger partial charge is 0.496 e. The number of carboxylic acids is 1. The lowest BCUT2D eigenvalue weighted by molar-refractivity contribution is 0.0591. The Bertz CT molecular complexity index is 877. The summed E-state index contributed by atoms with van der Waals surface area (Å²) in [6, 6.07) is 4.75. The highest BCUT2D eigenvalue weighted by molar-refractivity contribution is 5.98. The van der Waals surface area contributed by atoms with Crippen LogP contribution in [-0.4, -0.2) is 35.8 Å². The molecule has 0 amide bonds. The SMILES string of the molecule is COC(=O)c1c(N)c(C#N)cn1-c1cc(C)c(OC)cc1C(=O)O. The number of carbonyl (C=O) groups is 2. The number of nitrogens with zero attached hydrogens (tertiary/aromatic N) is 2. The van der Waals surface area contributed by atoms with Crippen molar-refractivity contribution in [1.82, 2.24) is 4.57 Å². The molecule has 0 aliphatic heterocycles. The van der Waals surface area contributed by atoms with Crippen molar-refractivity contribution in [3.8, 4) is 17.5 Å². The van der Waals surface area contributed by atoms with Crippen LogP contribution in [0.4, 0.5) is 5.69 Å². The highest BCUT2D eigenvalue weighted by Crippen LogP contribution is 2.30. The van der Waals surface area contributed by atoms with Crippen molar-refractivity contribution in [2.45, 2.75) is 6.92 Å². The lowest BCUT2D eigenvalue weighted by Crippen LogP contribution is -2.14. The lowest BCUT2D eigenvalue weighted by Gasteiger charge is -2.14. The molecule has 0 bridgehead atoms. The van der Waals surface area contributed by atoms with Crippen molar-refractivity contribution in [2.24, 2.45) is 0 Å². The molecule has 0 aliphatic carbocycles. The van der Waals surface area contributed by atoms with Gasteiger partial charge in [-0.05, 0) is 24.6 Å². The third-order valence-electron chi connectivity index (χ3n) is 3.55. The van der Waals surface area contributed by atoms with E-state index in [0.29, 0.717) is 11.3 Å². The van der Waals surface area contributed by atoms with Crippen LogP contribution in [0.3, 0.4) is 0 Å². The van der Waals surface area contributed by atoms with Gasteiger partial charge >= 0.3 is 11.9 Å². The predicted octanol–water partition coefficient (Wildman–Crippen LogP) is 1.73. The van der Waals surface area contributed by atoms with Gasteiger partial charge in [0.15, 0.2) is 5.69 Å². The Balaban J connectivity index is 2.86. The van der Waals surface area contributed by atoms with Gasteiger partial charge in [0.05, 0.1) is 36.7 Å². The second kappa shape index (κ2) is 6.34. The maximum Gasteiger partial charge on any atom is 0.357 e. The van der Waals surface area contributed by atoms with Crippen molar-refractivity contribution in [2.75, 3.05) is 20.0 Å². The van der Waals surface area contributed by atoms with Crippen LogP contribution >= 0.6 is 0 Å². The van der Waals surface area contributed by atoms with Crippen LogP contribution in [0.5, 0.6) is 5.75 Å². The monoisotopic (exact) mass is 329 g/mol. The van der Waals surface area contributed by atoms with E-state index in [9.17, 15) is 14.7 Å². The van der Waals surface area contributed by atoms with E-state index in [1.54, 1.807) is 6.92 Å². The standard InChI is InChI=1S/C16H15N3O5/c1-8-4-11(10(15(20)21)5-12(8)23-2)19-7-9(6-17)13(18)14(19)16(22)24-3/h4-5,7H,18H2,1-3H3,(H,20,21). The van der Waals surface area contributed by atoms with Crippen LogP contribution in [0.15, 0.2) is 18.3 Å². The number of carboxylic acid groups (broad SMARTS) is 1. The summed E-state index contributed by atoms with van der Waals surface area (Å²) in [5, 5.41) is 18.6. The number of aryl methyl sites for hydroxylation is 1. The third-order valence-corrected chi connectivity index (χ3v) is 3.55. The molecular formula is C16H15N3O5. The Morgan fingerprint density at radius 3 is 2.50 bits per heavy atom. The molecule has 2 aromatic rings. The van der Waals surface area contributed by atoms with Gasteiger partial charge in [0, 0.05) is 6.20 Å². The fraction of sp³-hybridized carbons (Fsp3) is 0.188. The van der Waals surface area contributed by atoms with E-state index < -0.39 is 11.9 Å². The molecule has 0 saturated carbocycles. The Labute approximate surface area is 137 Å². The van der Waals surface area contributed by atoms with Crippen LogP contribution in [0.25, 0.3) is 5.69 Å². The molecule has 0 fully saturated rings. The van der Waals surface area contributed by atoms with Crippen LogP contribution in [-0.2, 0) is 4.74 Å². The van der Waals surface area contributed by atoms with Crippen LogP contribution in [0, 0.1) is 18.3 Å². The third kappa shape index (κ3) is 2.63. The molecule has 0 spiro atoms. The number of ether oxygens (including phenoxy) is 2. The second-order valence-corrected chi connectivity index (χ2v) is 4.92. The van der Waals surface area contributed by atoms with Crippen molar-refractivity contribution in [3.05, 3.63) is 40.7 Å². The molecule has 1 heterocycles. The van der Waals surface area contributed by atoms with Gasteiger partial charge in [-0.3, -0.25) is 0 Å². The van der Waals surface area contributed by atoms with Gasteiger partial charge < -0.3 is 24.9 Å². The zero-order chi connectivity index (χ0) is 18.0. The van der Waals surface area contributed by atoms with E-state index in [1.807, 2.05) is 6.07 Å². The van der Waals surface area contributed by atoms with Gasteiger partial charge in [0.25, 0.3) is 0 Å². The first-order valence-electron chi connectivity index (χ1n) is 6.77. The quantitative estimate of drug-likeness (QED) is 0.817. The Hall–Kier alpha value is -3.47. The minimum atomic E-state index is -1.22. The number of hydrogen-bond acceptors (Lipinski definition) is 6. The summed E-state index contributed by atoms with van der Waals surface area (Å²) in [5.74, 6) is -1.61. The number of nitriles is 1. The number of hydrogen-bond donors (Lipinski definition) is 2. The average Bonchev–Trinajstić information content (AvgIpc) is 2.90. The Morgan fingerprint density at radius 1 is 1.33 bits per heavy atom. The molecule has 8 nitrogen and oxygen atoms in total. The highest BCUT2D eigenvalue weighted by atomic mass is 16.5. The molecule has 24 heavy (non-hydrogen) atoms. The van der Waals surface area contributed by atoms with Crippen molar-refractivity contribution >= 4 is 17.6 Å². The topological polar surface area (TPSA) is 128 Å². The molecule has 8 heteroatoms. The maximum absolute atomic E-state index is 12.0. The number of esters is 1. The first-order valence-corrected chi connectivity index (χ1v) is 6.77. The maximum atomic E-state index is 12.0. The van der Waals surface area contributed by atoms with Crippen molar-refractivity contribution in [3.63, 3.8) is 0 Å². The normalized spacial score (nSPS) is 10.1. The average molecular weight is 329 g/mol. The number of anilines is 1. The minimum absolute atomic E-state index is 0.0419. The summed E-state index contributed by atoms with van der Waals surface area (Å²) in [4.78, 5) is 23.6. The molecule has 2 rings (SSSR count). The highest BCUT2D eigenvalue weighted by Gasteiger charge is 2.25. The number of nitrogens with two attached hydrogens (primary N) is 1. The number of aromatic nitrogens is 1. The van der Waals surface area contributed by atoms with Gasteiger partial charge in [-0.15, -0.1) is 0 Å². The van der Waals surface area contributed by atoms with E-state index in [2.05, 4.69) is 0 Å². The molecule has 0 atom stereocenters. The molecule has 0 radical (unpaired) electrons. The Kier molecular flexibility index (Phi) is 4.46. The molecule has 0 unspecified atom stereocenters. The Morgan fingerprint density at radius 2 is 2.00 bits per heavy atom. The summed E-state index contributed by atoms with van der Waals surface area (Å²) in [7, 11) is 2.59. The summed E-state index contributed by atoms with van der Waals surface area (Å²) in [5.41, 5.74) is 6.41. The first-order chi connectivity index (χ1) is 11.3. The summed E-state index contributed by atoms with van der Waals surface area (Å²) in [6.07, 6.45) is 1.30. The summed E-state index contributed by atoms with van der Waals surface area (Å²) < 4.78 is 11.1. The minimum Gasteiger partial charge on any atom is -0.496 e. The molecule has 1 aromatic heterocycles. The summed E-state index contributed by atoms with van der Waals surface area (Å²) in [6.45, 7) is 1.73. The van der Waals surface area contributed by atoms with Gasteiger partial charge in [-0.2, -0.15) is 5.26 Å². The van der Waals surface area contributed by atoms with Crippen LogP contribution in [0.1, 0.15) is 32.0 Å². The molecule has 1 aromatic carbocycles. The van der Waals surface area contributed by atoms with Crippen molar-refractivity contribution < 1.29 is 24.2 Å². The number of nitrogen functional groups attached to an aromatic ring is 1. The molecule has 0 aliphatic rings. The second-order valence-electron chi connectivity index (χ2n) is 4.92. The molecule has 3 N–H and O–H groups in total. The van der Waals surface area contributed by atoms with Crippen LogP contribution < -0.4 is 10.5 Å². The molecular weight excluding hydrogens is 314 g/mol. The number of rotatable bonds is 4. The van der Waals surface area contributed by atoms with Crippen molar-refractivity contribution in [1.29, 1.82) is 5.26 Å². The molecule has 0 saturated heterocycles. The number of aromatic carboxylic acids is 1. The predicted molar refractivity (Wildman–Crippen MR) is 84.5 cm³/mol. The van der Waals surface area contributed by atoms with Gasteiger partial charge in [-0.25, -0.2) is 9.59 Å². The van der Waals surface area contributed by atoms with E-state index in [1.165, 1.54) is 37.1 Å². The zero-order valence-corrected chi connectivity index (χ0v) is 13.3. The van der Waals surface area contributed by atoms with E-state index >= 15 is 0 Å². The molecule has 124 valence electrons. The zero-order valence-electron chi connectivity index (χ0n) is 13.3. The number of benzene rings is 1. The van der Waals surface area contributed by atoms with Crippen LogP contribution in [0.2, 0.25) is 0 Å². The van der Waals surface area contributed by atoms with E-state index in [4.69, 9.17) is 20.5 Å². The number of carbonyl (C=O) groups excluding carboxylic acids is 1. The van der Waals surface area contributed by atoms with Gasteiger partial charge in [-0.1, -0.05) is 0 Å².